The van der Waals surface area contributed by atoms with E-state index in [1.54, 1.807) is 28.9 Å². The minimum Gasteiger partial charge on any atom is -0.430 e. The smallest absolute Gasteiger partial charge is 0.343 e. The highest BCUT2D eigenvalue weighted by Crippen LogP contribution is 2.54. The van der Waals surface area contributed by atoms with Crippen LogP contribution in [0.5, 0.6) is 5.88 Å². The summed E-state index contributed by atoms with van der Waals surface area (Å²) in [4.78, 5) is 28.3. The Morgan fingerprint density at radius 1 is 1.05 bits per heavy atom. The molecule has 1 aromatic carbocycles. The van der Waals surface area contributed by atoms with Crippen LogP contribution in [0.15, 0.2) is 84.0 Å². The standard InChI is InChI=1S/C29H40N2O3S.C2H4/c1-8-10-19-23(9-2)30-26(32)25(22-17-13-11-14-18-22)27(34-35(6,7)29(3,4)5)31(28(30)33)24-20-15-12-16-21-24;1-2/h8-10,12,15-16,19-22H,1,11,13-14,17-18H2,2-7H3;1-2H2/b19-10-,23-9+;. The van der Waals surface area contributed by atoms with Crippen LogP contribution in [0, 0.1) is 0 Å². The average Bonchev–Trinajstić information content (AvgIpc) is 2.87. The summed E-state index contributed by atoms with van der Waals surface area (Å²) in [6, 6.07) is 9.50. The maximum Gasteiger partial charge on any atom is 0.343 e. The topological polar surface area (TPSA) is 53.2 Å². The number of nitrogens with zero attached hydrogens (tertiary/aromatic N) is 2. The van der Waals surface area contributed by atoms with E-state index in [1.807, 2.05) is 37.3 Å². The highest BCUT2D eigenvalue weighted by Gasteiger charge is 2.36. The molecule has 1 fully saturated rings. The molecule has 1 aliphatic carbocycles. The van der Waals surface area contributed by atoms with Gasteiger partial charge in [-0.3, -0.25) is 4.79 Å². The summed E-state index contributed by atoms with van der Waals surface area (Å²) in [5.74, 6) is 0.456. The molecule has 6 heteroatoms. The molecule has 37 heavy (non-hydrogen) atoms. The first-order chi connectivity index (χ1) is 17.5. The fraction of sp³-hybridized carbons (Fsp3) is 0.419. The Kier molecular flexibility index (Phi) is 10.6. The zero-order valence-electron chi connectivity index (χ0n) is 23.5. The second kappa shape index (κ2) is 13.0. The summed E-state index contributed by atoms with van der Waals surface area (Å²) in [6.45, 7) is 18.0. The van der Waals surface area contributed by atoms with Crippen molar-refractivity contribution in [3.63, 3.8) is 0 Å². The van der Waals surface area contributed by atoms with Crippen LogP contribution in [0.4, 0.5) is 0 Å². The van der Waals surface area contributed by atoms with Gasteiger partial charge in [-0.15, -0.1) is 13.2 Å². The van der Waals surface area contributed by atoms with Gasteiger partial charge < -0.3 is 4.18 Å². The Balaban J connectivity index is 0.00000235. The summed E-state index contributed by atoms with van der Waals surface area (Å²) < 4.78 is 9.58. The second-order valence-electron chi connectivity index (χ2n) is 10.4. The van der Waals surface area contributed by atoms with E-state index < -0.39 is 16.0 Å². The number of rotatable bonds is 7. The summed E-state index contributed by atoms with van der Waals surface area (Å²) >= 11 is 0. The van der Waals surface area contributed by atoms with Crippen molar-refractivity contribution < 1.29 is 4.18 Å². The van der Waals surface area contributed by atoms with Gasteiger partial charge in [0.1, 0.15) is 0 Å². The van der Waals surface area contributed by atoms with Crippen molar-refractivity contribution in [3.8, 4) is 11.6 Å². The molecular weight excluding hydrogens is 480 g/mol. The lowest BCUT2D eigenvalue weighted by atomic mass is 9.85. The molecule has 1 aromatic heterocycles. The van der Waals surface area contributed by atoms with Crippen molar-refractivity contribution in [2.45, 2.75) is 70.5 Å². The Morgan fingerprint density at radius 2 is 1.65 bits per heavy atom. The van der Waals surface area contributed by atoms with Crippen molar-refractivity contribution in [1.29, 1.82) is 0 Å². The molecule has 0 N–H and O–H groups in total. The molecule has 0 atom stereocenters. The molecule has 5 nitrogen and oxygen atoms in total. The Labute approximate surface area is 224 Å². The molecule has 0 amide bonds. The van der Waals surface area contributed by atoms with Gasteiger partial charge in [-0.2, -0.15) is 0 Å². The molecule has 0 bridgehead atoms. The lowest BCUT2D eigenvalue weighted by molar-refractivity contribution is 0.420. The number of hydrogen-bond donors (Lipinski definition) is 0. The van der Waals surface area contributed by atoms with Crippen molar-refractivity contribution in [2.24, 2.45) is 0 Å². The van der Waals surface area contributed by atoms with Gasteiger partial charge in [0.05, 0.1) is 11.3 Å². The summed E-state index contributed by atoms with van der Waals surface area (Å²) in [6.07, 6.45) is 16.3. The first-order valence-electron chi connectivity index (χ1n) is 12.9. The van der Waals surface area contributed by atoms with Crippen LogP contribution in [0.2, 0.25) is 0 Å². The normalized spacial score (nSPS) is 15.7. The van der Waals surface area contributed by atoms with Crippen molar-refractivity contribution >= 4 is 16.0 Å². The monoisotopic (exact) mass is 524 g/mol. The minimum atomic E-state index is -1.68. The fourth-order valence-electron chi connectivity index (χ4n) is 4.25. The van der Waals surface area contributed by atoms with E-state index in [4.69, 9.17) is 4.18 Å². The number of hydrogen-bond acceptors (Lipinski definition) is 3. The van der Waals surface area contributed by atoms with E-state index in [9.17, 15) is 9.59 Å². The number of allylic oxidation sites excluding steroid dienone is 5. The van der Waals surface area contributed by atoms with Gasteiger partial charge in [0.2, 0.25) is 5.88 Å². The molecule has 202 valence electrons. The molecular formula is C31H44N2O3S. The van der Waals surface area contributed by atoms with E-state index in [2.05, 4.69) is 53.0 Å². The van der Waals surface area contributed by atoms with E-state index in [0.717, 1.165) is 25.7 Å². The van der Waals surface area contributed by atoms with Gasteiger partial charge in [0.25, 0.3) is 5.56 Å². The van der Waals surface area contributed by atoms with Crippen LogP contribution >= 0.6 is 10.3 Å². The largest absolute Gasteiger partial charge is 0.430 e. The first-order valence-corrected chi connectivity index (χ1v) is 15.3. The molecule has 1 saturated carbocycles. The van der Waals surface area contributed by atoms with Crippen molar-refractivity contribution in [3.05, 3.63) is 101 Å². The maximum absolute atomic E-state index is 14.2. The molecule has 2 aromatic rings. The van der Waals surface area contributed by atoms with E-state index in [-0.39, 0.29) is 16.2 Å². The Hall–Kier alpha value is -2.99. The third kappa shape index (κ3) is 6.67. The van der Waals surface area contributed by atoms with Gasteiger partial charge in [-0.1, -0.05) is 72.6 Å². The van der Waals surface area contributed by atoms with E-state index in [1.165, 1.54) is 11.0 Å². The molecule has 1 aliphatic rings. The molecule has 0 spiro atoms. The fourth-order valence-corrected chi connectivity index (χ4v) is 5.06. The zero-order valence-corrected chi connectivity index (χ0v) is 24.3. The van der Waals surface area contributed by atoms with Gasteiger partial charge >= 0.3 is 5.69 Å². The van der Waals surface area contributed by atoms with Gasteiger partial charge in [0.15, 0.2) is 0 Å². The Morgan fingerprint density at radius 3 is 2.16 bits per heavy atom. The third-order valence-electron chi connectivity index (χ3n) is 7.00. The lowest BCUT2D eigenvalue weighted by Gasteiger charge is -2.44. The maximum atomic E-state index is 14.2. The Bertz CT molecular complexity index is 1240. The lowest BCUT2D eigenvalue weighted by Crippen LogP contribution is -2.43. The highest BCUT2D eigenvalue weighted by atomic mass is 32.3. The quantitative estimate of drug-likeness (QED) is 0.277. The second-order valence-corrected chi connectivity index (χ2v) is 14.2. The van der Waals surface area contributed by atoms with Crippen LogP contribution < -0.4 is 15.4 Å². The SMILES string of the molecule is C=C.C=C/C=C\C(=C/C)n1c(=O)c(C2CCCCC2)c(OS(C)(C)C(C)(C)C)n(-c2ccccc2)c1=O. The predicted octanol–water partition coefficient (Wildman–Crippen LogP) is 7.61. The van der Waals surface area contributed by atoms with Crippen LogP contribution in [0.1, 0.15) is 71.3 Å². The molecule has 0 aliphatic heterocycles. The summed E-state index contributed by atoms with van der Waals surface area (Å²) in [5, 5.41) is 0. The highest BCUT2D eigenvalue weighted by molar-refractivity contribution is 8.30. The van der Waals surface area contributed by atoms with Gasteiger partial charge in [-0.05, 0) is 77.2 Å². The average molecular weight is 525 g/mol. The van der Waals surface area contributed by atoms with Crippen molar-refractivity contribution in [1.82, 2.24) is 9.13 Å². The van der Waals surface area contributed by atoms with Gasteiger partial charge in [0, 0.05) is 10.4 Å². The summed E-state index contributed by atoms with van der Waals surface area (Å²) in [5.41, 5.74) is 1.11. The summed E-state index contributed by atoms with van der Waals surface area (Å²) in [7, 11) is -1.68. The van der Waals surface area contributed by atoms with E-state index in [0.29, 0.717) is 22.8 Å². The first kappa shape index (κ1) is 30.2. The molecule has 3 rings (SSSR count). The molecule has 0 unspecified atom stereocenters. The number of aromatic nitrogens is 2. The molecule has 1 heterocycles. The van der Waals surface area contributed by atoms with Crippen LogP contribution in [0.3, 0.4) is 0 Å². The number of benzene rings is 1. The third-order valence-corrected chi connectivity index (χ3v) is 10.5. The molecule has 0 saturated heterocycles. The zero-order chi connectivity index (χ0) is 27.8. The van der Waals surface area contributed by atoms with Crippen LogP contribution in [-0.4, -0.2) is 26.4 Å². The van der Waals surface area contributed by atoms with E-state index >= 15 is 0 Å². The number of para-hydroxylation sites is 1. The molecule has 0 radical (unpaired) electrons. The predicted molar refractivity (Wildman–Crippen MR) is 162 cm³/mol. The van der Waals surface area contributed by atoms with Crippen LogP contribution in [-0.2, 0) is 0 Å². The minimum absolute atomic E-state index is 0.0460. The van der Waals surface area contributed by atoms with Gasteiger partial charge in [-0.25, -0.2) is 13.9 Å². The van der Waals surface area contributed by atoms with Crippen molar-refractivity contribution in [2.75, 3.05) is 12.5 Å². The van der Waals surface area contributed by atoms with Crippen LogP contribution in [0.25, 0.3) is 11.4 Å².